The van der Waals surface area contributed by atoms with Crippen molar-refractivity contribution < 1.29 is 9.66 Å². The van der Waals surface area contributed by atoms with Gasteiger partial charge in [0, 0.05) is 18.0 Å². The van der Waals surface area contributed by atoms with E-state index in [1.54, 1.807) is 18.2 Å². The maximum atomic E-state index is 10.9. The smallest absolute Gasteiger partial charge is 0.348 e. The Balaban J connectivity index is 2.40. The van der Waals surface area contributed by atoms with E-state index in [2.05, 4.69) is 4.98 Å². The second-order valence-corrected chi connectivity index (χ2v) is 4.18. The van der Waals surface area contributed by atoms with Gasteiger partial charge in [-0.25, -0.2) is 4.98 Å². The van der Waals surface area contributed by atoms with Crippen LogP contribution in [0.25, 0.3) is 0 Å². The molecule has 0 saturated carbocycles. The SMILES string of the molecule is Cc1cc(Oc2ccnc(Cl)c2[N+](=O)[O-])ccc1N. The third-order valence-corrected chi connectivity index (χ3v) is 2.77. The molecule has 2 N–H and O–H groups in total. The summed E-state index contributed by atoms with van der Waals surface area (Å²) in [7, 11) is 0. The fourth-order valence-electron chi connectivity index (χ4n) is 1.50. The Morgan fingerprint density at radius 3 is 2.79 bits per heavy atom. The van der Waals surface area contributed by atoms with Crippen molar-refractivity contribution in [1.82, 2.24) is 4.98 Å². The van der Waals surface area contributed by atoms with Gasteiger partial charge in [0.1, 0.15) is 5.75 Å². The van der Waals surface area contributed by atoms with Crippen LogP contribution in [-0.2, 0) is 0 Å². The van der Waals surface area contributed by atoms with Gasteiger partial charge in [0.2, 0.25) is 10.9 Å². The Morgan fingerprint density at radius 2 is 2.16 bits per heavy atom. The van der Waals surface area contributed by atoms with Gasteiger partial charge in [-0.3, -0.25) is 10.1 Å². The molecule has 0 bridgehead atoms. The monoisotopic (exact) mass is 279 g/mol. The van der Waals surface area contributed by atoms with Crippen LogP contribution < -0.4 is 10.5 Å². The summed E-state index contributed by atoms with van der Waals surface area (Å²) in [5.74, 6) is 0.478. The highest BCUT2D eigenvalue weighted by molar-refractivity contribution is 6.31. The highest BCUT2D eigenvalue weighted by atomic mass is 35.5. The minimum absolute atomic E-state index is 0.0363. The molecular weight excluding hydrogens is 270 g/mol. The summed E-state index contributed by atoms with van der Waals surface area (Å²) in [5.41, 5.74) is 6.77. The van der Waals surface area contributed by atoms with Crippen LogP contribution in [0.15, 0.2) is 30.5 Å². The van der Waals surface area contributed by atoms with Crippen molar-refractivity contribution in [2.45, 2.75) is 6.92 Å². The van der Waals surface area contributed by atoms with Crippen molar-refractivity contribution >= 4 is 23.0 Å². The van der Waals surface area contributed by atoms with Gasteiger partial charge in [-0.05, 0) is 30.7 Å². The summed E-state index contributed by atoms with van der Waals surface area (Å²) in [5, 5.41) is 10.7. The molecule has 1 heterocycles. The van der Waals surface area contributed by atoms with Crippen LogP contribution >= 0.6 is 11.6 Å². The molecule has 1 aromatic heterocycles. The van der Waals surface area contributed by atoms with Crippen LogP contribution in [0.5, 0.6) is 11.5 Å². The number of halogens is 1. The molecule has 6 nitrogen and oxygen atoms in total. The number of hydrogen-bond acceptors (Lipinski definition) is 5. The summed E-state index contributed by atoms with van der Waals surface area (Å²) in [6.07, 6.45) is 1.34. The third kappa shape index (κ3) is 2.74. The van der Waals surface area contributed by atoms with Gasteiger partial charge in [0.25, 0.3) is 0 Å². The second-order valence-electron chi connectivity index (χ2n) is 3.83. The highest BCUT2D eigenvalue weighted by Crippen LogP contribution is 2.35. The van der Waals surface area contributed by atoms with E-state index in [-0.39, 0.29) is 16.6 Å². The molecule has 0 atom stereocenters. The normalized spacial score (nSPS) is 10.2. The number of ether oxygens (including phenoxy) is 1. The lowest BCUT2D eigenvalue weighted by atomic mass is 10.2. The molecule has 0 fully saturated rings. The first-order valence-electron chi connectivity index (χ1n) is 5.32. The molecule has 0 spiro atoms. The molecule has 2 aromatic rings. The number of nitrogens with two attached hydrogens (primary N) is 1. The summed E-state index contributed by atoms with van der Waals surface area (Å²) in [6, 6.07) is 6.36. The number of aromatic nitrogens is 1. The molecule has 19 heavy (non-hydrogen) atoms. The molecule has 2 rings (SSSR count). The van der Waals surface area contributed by atoms with Crippen molar-refractivity contribution in [2.24, 2.45) is 0 Å². The lowest BCUT2D eigenvalue weighted by Crippen LogP contribution is -1.96. The number of rotatable bonds is 3. The van der Waals surface area contributed by atoms with Gasteiger partial charge in [0.15, 0.2) is 0 Å². The molecule has 98 valence electrons. The van der Waals surface area contributed by atoms with E-state index < -0.39 is 4.92 Å². The van der Waals surface area contributed by atoms with E-state index in [9.17, 15) is 10.1 Å². The van der Waals surface area contributed by atoms with E-state index in [0.717, 1.165) is 5.56 Å². The Labute approximate surface area is 113 Å². The molecular formula is C12H10ClN3O3. The maximum absolute atomic E-state index is 10.9. The van der Waals surface area contributed by atoms with E-state index in [1.807, 2.05) is 6.92 Å². The van der Waals surface area contributed by atoms with E-state index in [4.69, 9.17) is 22.1 Å². The molecule has 0 aliphatic heterocycles. The first kappa shape index (κ1) is 13.1. The van der Waals surface area contributed by atoms with Gasteiger partial charge in [-0.2, -0.15) is 0 Å². The molecule has 0 aliphatic rings. The van der Waals surface area contributed by atoms with Gasteiger partial charge in [-0.15, -0.1) is 0 Å². The molecule has 0 radical (unpaired) electrons. The summed E-state index contributed by atoms with van der Waals surface area (Å²) in [6.45, 7) is 1.82. The number of nitro groups is 1. The Kier molecular flexibility index (Phi) is 3.52. The molecule has 0 saturated heterocycles. The number of nitrogen functional groups attached to an aromatic ring is 1. The highest BCUT2D eigenvalue weighted by Gasteiger charge is 2.21. The summed E-state index contributed by atoms with van der Waals surface area (Å²) >= 11 is 5.69. The quantitative estimate of drug-likeness (QED) is 0.403. The average molecular weight is 280 g/mol. The van der Waals surface area contributed by atoms with Crippen LogP contribution in [0.2, 0.25) is 5.15 Å². The predicted molar refractivity (Wildman–Crippen MR) is 71.6 cm³/mol. The van der Waals surface area contributed by atoms with Crippen LogP contribution in [0.1, 0.15) is 5.56 Å². The van der Waals surface area contributed by atoms with E-state index in [1.165, 1.54) is 12.3 Å². The topological polar surface area (TPSA) is 91.3 Å². The van der Waals surface area contributed by atoms with Gasteiger partial charge < -0.3 is 10.5 Å². The van der Waals surface area contributed by atoms with Crippen molar-refractivity contribution in [3.05, 3.63) is 51.3 Å². The number of benzene rings is 1. The van der Waals surface area contributed by atoms with Crippen molar-refractivity contribution in [2.75, 3.05) is 5.73 Å². The first-order valence-corrected chi connectivity index (χ1v) is 5.69. The Hall–Kier alpha value is -2.34. The minimum atomic E-state index is -0.630. The number of hydrogen-bond donors (Lipinski definition) is 1. The lowest BCUT2D eigenvalue weighted by molar-refractivity contribution is -0.385. The first-order chi connectivity index (χ1) is 8.99. The molecule has 0 unspecified atom stereocenters. The molecule has 7 heteroatoms. The van der Waals surface area contributed by atoms with Crippen LogP contribution in [0.3, 0.4) is 0 Å². The largest absolute Gasteiger partial charge is 0.450 e. The van der Waals surface area contributed by atoms with Crippen molar-refractivity contribution in [3.8, 4) is 11.5 Å². The van der Waals surface area contributed by atoms with Gasteiger partial charge in [-0.1, -0.05) is 11.6 Å². The summed E-state index contributed by atoms with van der Waals surface area (Å²) < 4.78 is 5.47. The minimum Gasteiger partial charge on any atom is -0.450 e. The van der Waals surface area contributed by atoms with Crippen LogP contribution in [-0.4, -0.2) is 9.91 Å². The zero-order valence-electron chi connectivity index (χ0n) is 9.96. The van der Waals surface area contributed by atoms with E-state index in [0.29, 0.717) is 11.4 Å². The van der Waals surface area contributed by atoms with Crippen molar-refractivity contribution in [3.63, 3.8) is 0 Å². The Morgan fingerprint density at radius 1 is 1.42 bits per heavy atom. The predicted octanol–water partition coefficient (Wildman–Crippen LogP) is 3.33. The lowest BCUT2D eigenvalue weighted by Gasteiger charge is -2.08. The standard InChI is InChI=1S/C12H10ClN3O3/c1-7-6-8(2-3-9(7)14)19-10-4-5-15-12(13)11(10)16(17)18/h2-6H,14H2,1H3. The number of aryl methyl sites for hydroxylation is 1. The van der Waals surface area contributed by atoms with Gasteiger partial charge >= 0.3 is 5.69 Å². The molecule has 0 aliphatic carbocycles. The number of nitrogens with zero attached hydrogens (tertiary/aromatic N) is 2. The van der Waals surface area contributed by atoms with E-state index >= 15 is 0 Å². The number of pyridine rings is 1. The van der Waals surface area contributed by atoms with Crippen molar-refractivity contribution in [1.29, 1.82) is 0 Å². The zero-order valence-corrected chi connectivity index (χ0v) is 10.7. The fourth-order valence-corrected chi connectivity index (χ4v) is 1.72. The van der Waals surface area contributed by atoms with Gasteiger partial charge in [0.05, 0.1) is 4.92 Å². The maximum Gasteiger partial charge on any atom is 0.348 e. The Bertz CT molecular complexity index is 646. The summed E-state index contributed by atoms with van der Waals surface area (Å²) in [4.78, 5) is 14.0. The number of anilines is 1. The van der Waals surface area contributed by atoms with Crippen LogP contribution in [0, 0.1) is 17.0 Å². The third-order valence-electron chi connectivity index (χ3n) is 2.49. The molecule has 0 amide bonds. The molecule has 1 aromatic carbocycles. The average Bonchev–Trinajstić information content (AvgIpc) is 2.33. The fraction of sp³-hybridized carbons (Fsp3) is 0.0833. The second kappa shape index (κ2) is 5.11. The van der Waals surface area contributed by atoms with Crippen LogP contribution in [0.4, 0.5) is 11.4 Å². The zero-order chi connectivity index (χ0) is 14.0.